The number of benzene rings is 2. The van der Waals surface area contributed by atoms with Crippen LogP contribution in [0.4, 0.5) is 17.1 Å². The van der Waals surface area contributed by atoms with Crippen molar-refractivity contribution in [3.05, 3.63) is 53.7 Å². The molecule has 4 N–H and O–H groups in total. The number of thioether (sulfide) groups is 1. The third-order valence-electron chi connectivity index (χ3n) is 3.85. The summed E-state index contributed by atoms with van der Waals surface area (Å²) < 4.78 is 0. The van der Waals surface area contributed by atoms with Gasteiger partial charge >= 0.3 is 0 Å². The summed E-state index contributed by atoms with van der Waals surface area (Å²) in [4.78, 5) is 5.59. The monoisotopic (exact) mass is 361 g/mol. The normalized spacial score (nSPS) is 10.7. The highest BCUT2D eigenvalue weighted by molar-refractivity contribution is 7.99. The molecule has 3 aromatic rings. The Kier molecular flexibility index (Phi) is 5.10. The zero-order valence-electron chi connectivity index (χ0n) is 14.6. The van der Waals surface area contributed by atoms with Gasteiger partial charge < -0.3 is 16.5 Å². The molecule has 0 radical (unpaired) electrons. The van der Waals surface area contributed by atoms with Crippen molar-refractivity contribution < 1.29 is 0 Å². The number of hydrogen-bond donors (Lipinski definition) is 3. The zero-order valence-corrected chi connectivity index (χ0v) is 15.4. The molecule has 0 aliphatic heterocycles. The van der Waals surface area contributed by atoms with Gasteiger partial charge in [0, 0.05) is 44.9 Å². The Bertz CT molecular complexity index is 1020. The smallest absolute Gasteiger partial charge is 0.101 e. The van der Waals surface area contributed by atoms with Crippen molar-refractivity contribution >= 4 is 45.9 Å². The van der Waals surface area contributed by atoms with Gasteiger partial charge in [-0.05, 0) is 36.4 Å². The number of nitrogens with zero attached hydrogens (tertiary/aromatic N) is 2. The van der Waals surface area contributed by atoms with Gasteiger partial charge in [-0.25, -0.2) is 0 Å². The Balaban J connectivity index is 2.07. The number of nitriles is 1. The first-order valence-electron chi connectivity index (χ1n) is 8.18. The SMILES string of the molecule is CC(C)Sc1ccc2nccc(Nc3cc(N)c(C=N)cc3C#N)c2c1. The van der Waals surface area contributed by atoms with E-state index in [0.717, 1.165) is 22.8 Å². The lowest BCUT2D eigenvalue weighted by Crippen LogP contribution is -2.00. The standard InChI is InChI=1S/C20H19N5S/c1-12(2)26-15-3-4-18-16(8-15)19(5-6-24-18)25-20-9-17(23)13(10-21)7-14(20)11-22/h3-10,12,21H,23H2,1-2H3,(H,24,25). The molecule has 0 atom stereocenters. The van der Waals surface area contributed by atoms with Crippen LogP contribution in [0.5, 0.6) is 0 Å². The van der Waals surface area contributed by atoms with Crippen molar-refractivity contribution in [3.63, 3.8) is 0 Å². The van der Waals surface area contributed by atoms with Crippen LogP contribution in [0.15, 0.2) is 47.5 Å². The van der Waals surface area contributed by atoms with Crippen LogP contribution in [0.2, 0.25) is 0 Å². The molecule has 0 spiro atoms. The fourth-order valence-electron chi connectivity index (χ4n) is 2.68. The predicted molar refractivity (Wildman–Crippen MR) is 109 cm³/mol. The summed E-state index contributed by atoms with van der Waals surface area (Å²) in [6.45, 7) is 4.31. The summed E-state index contributed by atoms with van der Waals surface area (Å²) in [7, 11) is 0. The van der Waals surface area contributed by atoms with Gasteiger partial charge in [0.2, 0.25) is 0 Å². The zero-order chi connectivity index (χ0) is 18.7. The van der Waals surface area contributed by atoms with Crippen LogP contribution in [0.25, 0.3) is 10.9 Å². The van der Waals surface area contributed by atoms with E-state index in [9.17, 15) is 5.26 Å². The highest BCUT2D eigenvalue weighted by Gasteiger charge is 2.10. The third kappa shape index (κ3) is 3.63. The second-order valence-corrected chi connectivity index (χ2v) is 7.76. The summed E-state index contributed by atoms with van der Waals surface area (Å²) in [5, 5.41) is 21.6. The molecule has 1 heterocycles. The molecule has 0 aliphatic carbocycles. The summed E-state index contributed by atoms with van der Waals surface area (Å²) in [5.74, 6) is 0. The number of hydrogen-bond acceptors (Lipinski definition) is 6. The van der Waals surface area contributed by atoms with E-state index in [2.05, 4.69) is 42.4 Å². The van der Waals surface area contributed by atoms with E-state index in [4.69, 9.17) is 11.1 Å². The average Bonchev–Trinajstić information content (AvgIpc) is 2.62. The van der Waals surface area contributed by atoms with Crippen molar-refractivity contribution in [2.75, 3.05) is 11.1 Å². The molecule has 0 saturated heterocycles. The maximum atomic E-state index is 9.44. The van der Waals surface area contributed by atoms with Crippen molar-refractivity contribution in [2.45, 2.75) is 24.0 Å². The van der Waals surface area contributed by atoms with Gasteiger partial charge in [-0.3, -0.25) is 4.98 Å². The third-order valence-corrected chi connectivity index (χ3v) is 4.85. The fourth-order valence-corrected chi connectivity index (χ4v) is 3.56. The van der Waals surface area contributed by atoms with E-state index in [1.807, 2.05) is 12.1 Å². The first kappa shape index (κ1) is 17.8. The number of nitrogen functional groups attached to an aromatic ring is 1. The van der Waals surface area contributed by atoms with Crippen molar-refractivity contribution in [1.82, 2.24) is 4.98 Å². The maximum absolute atomic E-state index is 9.44. The minimum absolute atomic E-state index is 0.440. The molecule has 3 rings (SSSR count). The van der Waals surface area contributed by atoms with E-state index in [0.29, 0.717) is 27.8 Å². The Labute approximate surface area is 156 Å². The number of nitrogens with two attached hydrogens (primary N) is 1. The number of aromatic nitrogens is 1. The number of nitrogens with one attached hydrogen (secondary N) is 2. The lowest BCUT2D eigenvalue weighted by atomic mass is 10.1. The summed E-state index contributed by atoms with van der Waals surface area (Å²) in [6.07, 6.45) is 2.89. The molecule has 0 fully saturated rings. The molecule has 0 bridgehead atoms. The summed E-state index contributed by atoms with van der Waals surface area (Å²) >= 11 is 1.79. The van der Waals surface area contributed by atoms with Crippen LogP contribution in [0.3, 0.4) is 0 Å². The van der Waals surface area contributed by atoms with Crippen LogP contribution in [0.1, 0.15) is 25.0 Å². The maximum Gasteiger partial charge on any atom is 0.101 e. The molecule has 6 heteroatoms. The van der Waals surface area contributed by atoms with E-state index in [1.165, 1.54) is 4.90 Å². The van der Waals surface area contributed by atoms with Crippen molar-refractivity contribution in [2.24, 2.45) is 0 Å². The Morgan fingerprint density at radius 3 is 2.73 bits per heavy atom. The molecular formula is C20H19N5S. The molecular weight excluding hydrogens is 342 g/mol. The van der Waals surface area contributed by atoms with Gasteiger partial charge in [-0.15, -0.1) is 11.8 Å². The van der Waals surface area contributed by atoms with Crippen molar-refractivity contribution in [1.29, 1.82) is 10.7 Å². The van der Waals surface area contributed by atoms with Gasteiger partial charge in [0.05, 0.1) is 16.8 Å². The van der Waals surface area contributed by atoms with Crippen LogP contribution in [-0.2, 0) is 0 Å². The van der Waals surface area contributed by atoms with Crippen LogP contribution in [-0.4, -0.2) is 16.4 Å². The molecule has 0 aliphatic rings. The number of anilines is 3. The van der Waals surface area contributed by atoms with Gasteiger partial charge in [-0.1, -0.05) is 13.8 Å². The lowest BCUT2D eigenvalue weighted by Gasteiger charge is -2.14. The van der Waals surface area contributed by atoms with Gasteiger partial charge in [0.25, 0.3) is 0 Å². The number of fused-ring (bicyclic) bond motifs is 1. The van der Waals surface area contributed by atoms with Crippen LogP contribution >= 0.6 is 11.8 Å². The lowest BCUT2D eigenvalue weighted by molar-refractivity contribution is 1.11. The van der Waals surface area contributed by atoms with E-state index in [1.54, 1.807) is 30.1 Å². The first-order valence-corrected chi connectivity index (χ1v) is 9.06. The second kappa shape index (κ2) is 7.46. The van der Waals surface area contributed by atoms with E-state index < -0.39 is 0 Å². The van der Waals surface area contributed by atoms with Gasteiger partial charge in [-0.2, -0.15) is 5.26 Å². The average molecular weight is 361 g/mol. The minimum atomic E-state index is 0.440. The first-order chi connectivity index (χ1) is 12.5. The highest BCUT2D eigenvalue weighted by atomic mass is 32.2. The molecule has 26 heavy (non-hydrogen) atoms. The van der Waals surface area contributed by atoms with E-state index in [-0.39, 0.29) is 0 Å². The predicted octanol–water partition coefficient (Wildman–Crippen LogP) is 4.93. The molecule has 130 valence electrons. The minimum Gasteiger partial charge on any atom is -0.398 e. The van der Waals surface area contributed by atoms with Gasteiger partial charge in [0.15, 0.2) is 0 Å². The highest BCUT2D eigenvalue weighted by Crippen LogP contribution is 2.32. The molecule has 0 saturated carbocycles. The Morgan fingerprint density at radius 1 is 1.23 bits per heavy atom. The molecule has 0 unspecified atom stereocenters. The van der Waals surface area contributed by atoms with Crippen LogP contribution < -0.4 is 11.1 Å². The van der Waals surface area contributed by atoms with Gasteiger partial charge in [0.1, 0.15) is 6.07 Å². The number of rotatable bonds is 5. The topological polar surface area (TPSA) is 98.6 Å². The van der Waals surface area contributed by atoms with Crippen molar-refractivity contribution in [3.8, 4) is 6.07 Å². The molecule has 5 nitrogen and oxygen atoms in total. The fraction of sp³-hybridized carbons (Fsp3) is 0.150. The molecule has 0 amide bonds. The summed E-state index contributed by atoms with van der Waals surface area (Å²) in [5.41, 5.74) is 9.77. The van der Waals surface area contributed by atoms with E-state index >= 15 is 0 Å². The second-order valence-electron chi connectivity index (χ2n) is 6.11. The number of pyridine rings is 1. The Hall–Kier alpha value is -3.04. The molecule has 2 aromatic carbocycles. The van der Waals surface area contributed by atoms with Crippen LogP contribution in [0, 0.1) is 16.7 Å². The molecule has 1 aromatic heterocycles. The largest absolute Gasteiger partial charge is 0.398 e. The quantitative estimate of drug-likeness (QED) is 0.340. The Morgan fingerprint density at radius 2 is 2.04 bits per heavy atom. The summed E-state index contributed by atoms with van der Waals surface area (Å²) in [6, 6.07) is 13.5.